The molecule has 5 aromatic heterocycles. The number of nitrogens with one attached hydrogen (secondary N) is 3. The maximum absolute atomic E-state index is 14.7. The minimum Gasteiger partial charge on any atom is -0.369 e. The fourth-order valence-corrected chi connectivity index (χ4v) is 4.87. The topological polar surface area (TPSA) is 111 Å². The number of pyridine rings is 3. The number of halogens is 1. The summed E-state index contributed by atoms with van der Waals surface area (Å²) in [6, 6.07) is 11.0. The van der Waals surface area contributed by atoms with Gasteiger partial charge in [0, 0.05) is 73.3 Å². The van der Waals surface area contributed by atoms with Gasteiger partial charge in [-0.05, 0) is 35.9 Å². The number of rotatable bonds is 4. The quantitative estimate of drug-likeness (QED) is 0.339. The maximum Gasteiger partial charge on any atom is 0.181 e. The fraction of sp³-hybridized carbons (Fsp3) is 0.148. The van der Waals surface area contributed by atoms with Crippen LogP contribution < -0.4 is 10.2 Å². The van der Waals surface area contributed by atoms with E-state index in [9.17, 15) is 4.39 Å². The van der Waals surface area contributed by atoms with Gasteiger partial charge < -0.3 is 15.2 Å². The van der Waals surface area contributed by atoms with Crippen molar-refractivity contribution in [3.63, 3.8) is 0 Å². The molecule has 3 N–H and O–H groups in total. The van der Waals surface area contributed by atoms with Crippen LogP contribution in [0, 0.1) is 5.82 Å². The lowest BCUT2D eigenvalue weighted by molar-refractivity contribution is 0.585. The maximum atomic E-state index is 14.7. The first-order chi connectivity index (χ1) is 18.2. The lowest BCUT2D eigenvalue weighted by atomic mass is 10.0. The number of imidazole rings is 1. The molecule has 37 heavy (non-hydrogen) atoms. The molecule has 10 heteroatoms. The number of fused-ring (bicyclic) bond motifs is 2. The second-order valence-electron chi connectivity index (χ2n) is 9.04. The number of hydrogen-bond donors (Lipinski definition) is 3. The van der Waals surface area contributed by atoms with Crippen molar-refractivity contribution in [2.24, 2.45) is 0 Å². The van der Waals surface area contributed by atoms with Crippen LogP contribution in [0.4, 0.5) is 10.1 Å². The third-order valence-corrected chi connectivity index (χ3v) is 6.71. The molecule has 0 bridgehead atoms. The van der Waals surface area contributed by atoms with Gasteiger partial charge >= 0.3 is 0 Å². The van der Waals surface area contributed by atoms with Crippen LogP contribution in [0.3, 0.4) is 0 Å². The molecule has 9 nitrogen and oxygen atoms in total. The molecule has 0 unspecified atom stereocenters. The van der Waals surface area contributed by atoms with E-state index in [1.165, 1.54) is 6.07 Å². The van der Waals surface area contributed by atoms with E-state index in [4.69, 9.17) is 4.98 Å². The number of H-pyrrole nitrogens is 2. The molecule has 182 valence electrons. The first-order valence-corrected chi connectivity index (χ1v) is 12.1. The molecule has 7 rings (SSSR count). The predicted molar refractivity (Wildman–Crippen MR) is 140 cm³/mol. The summed E-state index contributed by atoms with van der Waals surface area (Å²) in [6.45, 7) is 3.42. The minimum absolute atomic E-state index is 0.285. The first-order valence-electron chi connectivity index (χ1n) is 12.1. The van der Waals surface area contributed by atoms with Crippen LogP contribution in [0.1, 0.15) is 0 Å². The Kier molecular flexibility index (Phi) is 5.10. The van der Waals surface area contributed by atoms with Gasteiger partial charge in [0.05, 0.1) is 22.6 Å². The second kappa shape index (κ2) is 8.75. The van der Waals surface area contributed by atoms with Gasteiger partial charge in [-0.1, -0.05) is 6.07 Å². The Morgan fingerprint density at radius 2 is 1.81 bits per heavy atom. The molecule has 0 radical (unpaired) electrons. The summed E-state index contributed by atoms with van der Waals surface area (Å²) in [5.74, 6) is 0.322. The molecule has 1 aliphatic heterocycles. The minimum atomic E-state index is -0.285. The third kappa shape index (κ3) is 3.87. The van der Waals surface area contributed by atoms with Gasteiger partial charge in [-0.3, -0.25) is 15.1 Å². The Hall–Kier alpha value is -4.70. The molecule has 1 aliphatic rings. The van der Waals surface area contributed by atoms with Crippen molar-refractivity contribution < 1.29 is 4.39 Å². The van der Waals surface area contributed by atoms with Crippen LogP contribution in [-0.2, 0) is 0 Å². The van der Waals surface area contributed by atoms with Crippen molar-refractivity contribution in [3.05, 3.63) is 73.2 Å². The Morgan fingerprint density at radius 3 is 2.68 bits per heavy atom. The molecular formula is C27H22FN9. The smallest absolute Gasteiger partial charge is 0.181 e. The number of hydrogen-bond acceptors (Lipinski definition) is 7. The van der Waals surface area contributed by atoms with Gasteiger partial charge in [-0.15, -0.1) is 0 Å². The van der Waals surface area contributed by atoms with Crippen molar-refractivity contribution in [1.82, 2.24) is 40.4 Å². The van der Waals surface area contributed by atoms with Crippen molar-refractivity contribution in [2.75, 3.05) is 31.1 Å². The van der Waals surface area contributed by atoms with E-state index in [0.29, 0.717) is 17.0 Å². The SMILES string of the molecule is Fc1cc(-c2cncc3[nH]c(-c4[nH]nc5ncc(-c6cccnc6)cc45)nc23)cc(N2CCNCC2)c1. The monoisotopic (exact) mass is 491 g/mol. The molecular weight excluding hydrogens is 469 g/mol. The number of nitrogens with zero attached hydrogens (tertiary/aromatic N) is 6. The number of aromatic nitrogens is 7. The molecule has 1 saturated heterocycles. The molecule has 6 aromatic rings. The number of piperazine rings is 1. The Morgan fingerprint density at radius 1 is 0.892 bits per heavy atom. The van der Waals surface area contributed by atoms with Crippen LogP contribution in [-0.4, -0.2) is 61.3 Å². The van der Waals surface area contributed by atoms with Gasteiger partial charge in [0.25, 0.3) is 0 Å². The highest BCUT2D eigenvalue weighted by Gasteiger charge is 2.18. The third-order valence-electron chi connectivity index (χ3n) is 6.71. The zero-order valence-corrected chi connectivity index (χ0v) is 19.7. The zero-order chi connectivity index (χ0) is 24.8. The van der Waals surface area contributed by atoms with E-state index in [-0.39, 0.29) is 5.82 Å². The number of benzene rings is 1. The summed E-state index contributed by atoms with van der Waals surface area (Å²) in [6.07, 6.45) is 8.78. The standard InChI is InChI=1S/C27H22FN9/c28-19-8-17(9-20(11-19)37-6-4-29-5-7-37)22-14-31-15-23-24(22)34-27(33-23)25-21-10-18(13-32-26(21)36-35-25)16-2-1-3-30-12-16/h1-3,8-15,29H,4-7H2,(H,33,34)(H,32,35,36). The Bertz CT molecular complexity index is 1740. The second-order valence-corrected chi connectivity index (χ2v) is 9.04. The highest BCUT2D eigenvalue weighted by atomic mass is 19.1. The molecule has 0 saturated carbocycles. The summed E-state index contributed by atoms with van der Waals surface area (Å²) < 4.78 is 14.7. The van der Waals surface area contributed by atoms with Crippen molar-refractivity contribution >= 4 is 27.8 Å². The first kappa shape index (κ1) is 21.6. The fourth-order valence-electron chi connectivity index (χ4n) is 4.87. The number of anilines is 1. The zero-order valence-electron chi connectivity index (χ0n) is 19.7. The Labute approximate surface area is 210 Å². The van der Waals surface area contributed by atoms with Crippen molar-refractivity contribution in [2.45, 2.75) is 0 Å². The van der Waals surface area contributed by atoms with E-state index in [0.717, 1.165) is 70.7 Å². The molecule has 6 heterocycles. The van der Waals surface area contributed by atoms with Gasteiger partial charge in [0.1, 0.15) is 11.5 Å². The summed E-state index contributed by atoms with van der Waals surface area (Å²) in [5, 5.41) is 11.6. The van der Waals surface area contributed by atoms with E-state index in [1.807, 2.05) is 24.3 Å². The largest absolute Gasteiger partial charge is 0.369 e. The summed E-state index contributed by atoms with van der Waals surface area (Å²) in [7, 11) is 0. The van der Waals surface area contributed by atoms with Crippen LogP contribution in [0.5, 0.6) is 0 Å². The summed E-state index contributed by atoms with van der Waals surface area (Å²) >= 11 is 0. The van der Waals surface area contributed by atoms with E-state index in [2.05, 4.69) is 40.3 Å². The van der Waals surface area contributed by atoms with Gasteiger partial charge in [-0.2, -0.15) is 5.10 Å². The van der Waals surface area contributed by atoms with Gasteiger partial charge in [0.15, 0.2) is 11.5 Å². The predicted octanol–water partition coefficient (Wildman–Crippen LogP) is 4.17. The lowest BCUT2D eigenvalue weighted by Crippen LogP contribution is -2.43. The molecule has 1 aromatic carbocycles. The summed E-state index contributed by atoms with van der Waals surface area (Å²) in [5.41, 5.74) is 7.02. The highest BCUT2D eigenvalue weighted by molar-refractivity contribution is 5.97. The van der Waals surface area contributed by atoms with Crippen LogP contribution in [0.2, 0.25) is 0 Å². The lowest BCUT2D eigenvalue weighted by Gasteiger charge is -2.29. The normalized spacial score (nSPS) is 14.0. The van der Waals surface area contributed by atoms with Gasteiger partial charge in [0.2, 0.25) is 0 Å². The van der Waals surface area contributed by atoms with Crippen LogP contribution >= 0.6 is 0 Å². The van der Waals surface area contributed by atoms with Crippen LogP contribution in [0.15, 0.2) is 67.4 Å². The number of aromatic amines is 2. The van der Waals surface area contributed by atoms with E-state index < -0.39 is 0 Å². The van der Waals surface area contributed by atoms with E-state index in [1.54, 1.807) is 37.1 Å². The van der Waals surface area contributed by atoms with Crippen molar-refractivity contribution in [1.29, 1.82) is 0 Å². The Balaban J connectivity index is 1.33. The highest BCUT2D eigenvalue weighted by Crippen LogP contribution is 2.33. The molecule has 1 fully saturated rings. The molecule has 0 spiro atoms. The van der Waals surface area contributed by atoms with Crippen molar-refractivity contribution in [3.8, 4) is 33.8 Å². The summed E-state index contributed by atoms with van der Waals surface area (Å²) in [4.78, 5) is 23.6. The average Bonchev–Trinajstić information content (AvgIpc) is 3.57. The van der Waals surface area contributed by atoms with Crippen LogP contribution in [0.25, 0.3) is 55.8 Å². The molecule has 0 amide bonds. The van der Waals surface area contributed by atoms with Gasteiger partial charge in [-0.25, -0.2) is 14.4 Å². The molecule has 0 aliphatic carbocycles. The average molecular weight is 492 g/mol. The van der Waals surface area contributed by atoms with E-state index >= 15 is 0 Å². The molecule has 0 atom stereocenters.